The first kappa shape index (κ1) is 21.8. The molecule has 1 heterocycles. The Bertz CT molecular complexity index is 1070. The van der Waals surface area contributed by atoms with Crippen molar-refractivity contribution in [2.24, 2.45) is 5.92 Å². The average molecular weight is 428 g/mol. The minimum Gasteiger partial charge on any atom is -0.426 e. The lowest BCUT2D eigenvalue weighted by Crippen LogP contribution is -2.29. The van der Waals surface area contributed by atoms with Gasteiger partial charge in [-0.05, 0) is 53.6 Å². The second kappa shape index (κ2) is 9.82. The molecule has 0 spiro atoms. The maximum atomic E-state index is 12.8. The van der Waals surface area contributed by atoms with Gasteiger partial charge in [-0.15, -0.1) is 0 Å². The predicted octanol–water partition coefficient (Wildman–Crippen LogP) is 5.36. The second-order valence-corrected chi connectivity index (χ2v) is 8.26. The van der Waals surface area contributed by atoms with E-state index in [0.717, 1.165) is 41.6 Å². The lowest BCUT2D eigenvalue weighted by molar-refractivity contribution is -0.139. The van der Waals surface area contributed by atoms with E-state index in [4.69, 9.17) is 4.74 Å². The number of nitrogens with zero attached hydrogens (tertiary/aromatic N) is 1. The van der Waals surface area contributed by atoms with Gasteiger partial charge in [-0.1, -0.05) is 74.5 Å². The molecule has 1 amide bonds. The number of ether oxygens (including phenoxy) is 1. The molecule has 1 aliphatic heterocycles. The minimum absolute atomic E-state index is 0.0132. The Balaban J connectivity index is 1.42. The van der Waals surface area contributed by atoms with Gasteiger partial charge < -0.3 is 9.64 Å². The molecule has 3 aromatic rings. The van der Waals surface area contributed by atoms with Crippen LogP contribution in [0.25, 0.3) is 0 Å². The fourth-order valence-corrected chi connectivity index (χ4v) is 4.35. The minimum atomic E-state index is -0.457. The van der Waals surface area contributed by atoms with Gasteiger partial charge in [0, 0.05) is 18.7 Å². The lowest BCUT2D eigenvalue weighted by atomic mass is 10.0. The molecule has 1 fully saturated rings. The number of anilines is 1. The van der Waals surface area contributed by atoms with Crippen molar-refractivity contribution in [3.8, 4) is 5.75 Å². The van der Waals surface area contributed by atoms with Crippen molar-refractivity contribution < 1.29 is 14.3 Å². The molecular formula is C28H29NO3. The van der Waals surface area contributed by atoms with Crippen molar-refractivity contribution in [2.45, 2.75) is 39.5 Å². The van der Waals surface area contributed by atoms with Gasteiger partial charge >= 0.3 is 5.97 Å². The fraction of sp³-hybridized carbons (Fsp3) is 0.286. The highest BCUT2D eigenvalue weighted by atomic mass is 16.5. The van der Waals surface area contributed by atoms with Crippen LogP contribution in [0.4, 0.5) is 5.69 Å². The molecule has 1 aliphatic rings. The van der Waals surface area contributed by atoms with E-state index in [-0.39, 0.29) is 18.3 Å². The number of rotatable bonds is 7. The standard InChI is InChI=1S/C28H29NO3/c1-3-22-11-8-12-23(4-2)27(22)29-19-24(18-26(29)30)28(31)32-25-15-13-21(14-16-25)17-20-9-6-5-7-10-20/h5-16,24H,3-4,17-19H2,1-2H3/t24-/m1/s1. The van der Waals surface area contributed by atoms with E-state index in [0.29, 0.717) is 12.3 Å². The number of hydrogen-bond acceptors (Lipinski definition) is 3. The lowest BCUT2D eigenvalue weighted by Gasteiger charge is -2.23. The topological polar surface area (TPSA) is 46.6 Å². The first-order chi connectivity index (χ1) is 15.6. The molecule has 1 saturated heterocycles. The highest BCUT2D eigenvalue weighted by Crippen LogP contribution is 2.33. The second-order valence-electron chi connectivity index (χ2n) is 8.26. The third kappa shape index (κ3) is 4.75. The summed E-state index contributed by atoms with van der Waals surface area (Å²) in [5.41, 5.74) is 5.65. The number of amides is 1. The van der Waals surface area contributed by atoms with E-state index < -0.39 is 5.92 Å². The zero-order valence-corrected chi connectivity index (χ0v) is 18.7. The summed E-state index contributed by atoms with van der Waals surface area (Å²) in [6.45, 7) is 4.55. The molecule has 0 aromatic heterocycles. The number of aryl methyl sites for hydroxylation is 2. The Morgan fingerprint density at radius 3 is 2.12 bits per heavy atom. The van der Waals surface area contributed by atoms with E-state index in [1.165, 1.54) is 5.56 Å². The van der Waals surface area contributed by atoms with Crippen LogP contribution in [0.2, 0.25) is 0 Å². The molecule has 4 nitrogen and oxygen atoms in total. The normalized spacial score (nSPS) is 15.8. The molecular weight excluding hydrogens is 398 g/mol. The Morgan fingerprint density at radius 2 is 1.50 bits per heavy atom. The summed E-state index contributed by atoms with van der Waals surface area (Å²) in [7, 11) is 0. The van der Waals surface area contributed by atoms with Gasteiger partial charge in [0.15, 0.2) is 0 Å². The largest absolute Gasteiger partial charge is 0.426 e. The molecule has 4 heteroatoms. The van der Waals surface area contributed by atoms with Crippen molar-refractivity contribution in [3.63, 3.8) is 0 Å². The first-order valence-electron chi connectivity index (χ1n) is 11.3. The van der Waals surface area contributed by atoms with Gasteiger partial charge in [0.2, 0.25) is 5.91 Å². The number of hydrogen-bond donors (Lipinski definition) is 0. The molecule has 4 rings (SSSR count). The van der Waals surface area contributed by atoms with Crippen LogP contribution >= 0.6 is 0 Å². The smallest absolute Gasteiger partial charge is 0.316 e. The predicted molar refractivity (Wildman–Crippen MR) is 127 cm³/mol. The van der Waals surface area contributed by atoms with Crippen molar-refractivity contribution in [1.29, 1.82) is 0 Å². The van der Waals surface area contributed by atoms with Crippen molar-refractivity contribution in [2.75, 3.05) is 11.4 Å². The Morgan fingerprint density at radius 1 is 0.875 bits per heavy atom. The number of carbonyl (C=O) groups excluding carboxylic acids is 2. The Hall–Kier alpha value is -3.40. The SMILES string of the molecule is CCc1cccc(CC)c1N1C[C@H](C(=O)Oc2ccc(Cc3ccccc3)cc2)CC1=O. The summed E-state index contributed by atoms with van der Waals surface area (Å²) < 4.78 is 5.63. The summed E-state index contributed by atoms with van der Waals surface area (Å²) in [4.78, 5) is 27.4. The molecule has 0 radical (unpaired) electrons. The summed E-state index contributed by atoms with van der Waals surface area (Å²) in [5.74, 6) is -0.300. The van der Waals surface area contributed by atoms with Crippen LogP contribution in [0, 0.1) is 5.92 Å². The van der Waals surface area contributed by atoms with Gasteiger partial charge in [-0.2, -0.15) is 0 Å². The van der Waals surface area contributed by atoms with Crippen molar-refractivity contribution in [1.82, 2.24) is 0 Å². The number of esters is 1. The van der Waals surface area contributed by atoms with Gasteiger partial charge in [0.1, 0.15) is 5.75 Å². The molecule has 0 unspecified atom stereocenters. The van der Waals surface area contributed by atoms with Crippen LogP contribution in [0.1, 0.15) is 42.5 Å². The summed E-state index contributed by atoms with van der Waals surface area (Å²) in [6.07, 6.45) is 2.71. The number of benzene rings is 3. The number of carbonyl (C=O) groups is 2. The van der Waals surface area contributed by atoms with Crippen molar-refractivity contribution >= 4 is 17.6 Å². The molecule has 0 aliphatic carbocycles. The van der Waals surface area contributed by atoms with Gasteiger partial charge in [-0.3, -0.25) is 9.59 Å². The Labute approximate surface area is 189 Å². The Kier molecular flexibility index (Phi) is 6.69. The highest BCUT2D eigenvalue weighted by Gasteiger charge is 2.37. The average Bonchev–Trinajstić information content (AvgIpc) is 3.21. The summed E-state index contributed by atoms with van der Waals surface area (Å²) >= 11 is 0. The summed E-state index contributed by atoms with van der Waals surface area (Å²) in [6, 6.07) is 24.0. The fourth-order valence-electron chi connectivity index (χ4n) is 4.35. The molecule has 1 atom stereocenters. The molecule has 0 bridgehead atoms. The van der Waals surface area contributed by atoms with Gasteiger partial charge in [-0.25, -0.2) is 0 Å². The maximum absolute atomic E-state index is 12.8. The van der Waals surface area contributed by atoms with E-state index in [1.807, 2.05) is 48.5 Å². The van der Waals surface area contributed by atoms with Crippen LogP contribution in [0.5, 0.6) is 5.75 Å². The number of para-hydroxylation sites is 1. The molecule has 0 N–H and O–H groups in total. The molecule has 164 valence electrons. The van der Waals surface area contributed by atoms with Gasteiger partial charge in [0.25, 0.3) is 0 Å². The third-order valence-corrected chi connectivity index (χ3v) is 6.09. The van der Waals surface area contributed by atoms with Crippen LogP contribution in [-0.4, -0.2) is 18.4 Å². The quantitative estimate of drug-likeness (QED) is 0.377. The first-order valence-corrected chi connectivity index (χ1v) is 11.3. The van der Waals surface area contributed by atoms with E-state index in [1.54, 1.807) is 4.90 Å². The third-order valence-electron chi connectivity index (χ3n) is 6.09. The van der Waals surface area contributed by atoms with Crippen LogP contribution in [0.15, 0.2) is 72.8 Å². The molecule has 32 heavy (non-hydrogen) atoms. The van der Waals surface area contributed by atoms with Gasteiger partial charge in [0.05, 0.1) is 5.92 Å². The summed E-state index contributed by atoms with van der Waals surface area (Å²) in [5, 5.41) is 0. The maximum Gasteiger partial charge on any atom is 0.316 e. The van der Waals surface area contributed by atoms with E-state index in [9.17, 15) is 9.59 Å². The van der Waals surface area contributed by atoms with Crippen LogP contribution < -0.4 is 9.64 Å². The van der Waals surface area contributed by atoms with Crippen molar-refractivity contribution in [3.05, 3.63) is 95.1 Å². The van der Waals surface area contributed by atoms with Crippen LogP contribution in [0.3, 0.4) is 0 Å². The zero-order chi connectivity index (χ0) is 22.5. The monoisotopic (exact) mass is 427 g/mol. The van der Waals surface area contributed by atoms with Crippen LogP contribution in [-0.2, 0) is 28.9 Å². The molecule has 0 saturated carbocycles. The highest BCUT2D eigenvalue weighted by molar-refractivity contribution is 6.00. The zero-order valence-electron chi connectivity index (χ0n) is 18.7. The molecule has 3 aromatic carbocycles. The van der Waals surface area contributed by atoms with E-state index >= 15 is 0 Å². The van der Waals surface area contributed by atoms with E-state index in [2.05, 4.69) is 38.1 Å².